The van der Waals surface area contributed by atoms with E-state index in [-0.39, 0.29) is 5.56 Å². The number of aromatic amines is 1. The summed E-state index contributed by atoms with van der Waals surface area (Å²) in [6, 6.07) is 5.79. The number of hydrogen-bond acceptors (Lipinski definition) is 3. The number of aromatic nitrogens is 2. The molecule has 0 aliphatic heterocycles. The molecule has 0 unspecified atom stereocenters. The fraction of sp³-hybridized carbons (Fsp3) is 0.200. The molecule has 2 heterocycles. The maximum absolute atomic E-state index is 12.4. The van der Waals surface area contributed by atoms with Crippen molar-refractivity contribution in [1.29, 1.82) is 0 Å². The number of hydrogen-bond donors (Lipinski definition) is 1. The van der Waals surface area contributed by atoms with Crippen molar-refractivity contribution in [3.05, 3.63) is 50.3 Å². The third kappa shape index (κ3) is 2.78. The smallest absolute Gasteiger partial charge is 0.260 e. The molecule has 0 amide bonds. The van der Waals surface area contributed by atoms with Crippen molar-refractivity contribution in [2.75, 3.05) is 5.33 Å². The Morgan fingerprint density at radius 1 is 1.43 bits per heavy atom. The Kier molecular flexibility index (Phi) is 4.15. The molecule has 0 aliphatic rings. The fourth-order valence-corrected chi connectivity index (χ4v) is 3.69. The van der Waals surface area contributed by atoms with Gasteiger partial charge in [0.2, 0.25) is 0 Å². The standard InChI is InChI=1S/C15H12BrClN2OS/c1-8-6-9(2-3-11(8)17)10-7-21-15-13(10)14(20)18-12(19-15)4-5-16/h2-3,6-7H,4-5H2,1H3,(H,18,19,20). The molecule has 6 heteroatoms. The summed E-state index contributed by atoms with van der Waals surface area (Å²) in [5.41, 5.74) is 2.81. The lowest BCUT2D eigenvalue weighted by atomic mass is 10.0. The summed E-state index contributed by atoms with van der Waals surface area (Å²) in [5.74, 6) is 0.713. The minimum Gasteiger partial charge on any atom is -0.310 e. The van der Waals surface area contributed by atoms with Gasteiger partial charge in [-0.3, -0.25) is 4.79 Å². The lowest BCUT2D eigenvalue weighted by Gasteiger charge is -2.03. The van der Waals surface area contributed by atoms with Crippen LogP contribution in [0.1, 0.15) is 11.4 Å². The maximum Gasteiger partial charge on any atom is 0.260 e. The Balaban J connectivity index is 2.20. The second kappa shape index (κ2) is 5.91. The summed E-state index contributed by atoms with van der Waals surface area (Å²) in [6.07, 6.45) is 0.707. The molecule has 108 valence electrons. The summed E-state index contributed by atoms with van der Waals surface area (Å²) in [6.45, 7) is 1.96. The third-order valence-corrected chi connectivity index (χ3v) is 4.99. The number of nitrogens with one attached hydrogen (secondary N) is 1. The van der Waals surface area contributed by atoms with Crippen molar-refractivity contribution >= 4 is 49.1 Å². The van der Waals surface area contributed by atoms with Crippen molar-refractivity contribution in [2.24, 2.45) is 0 Å². The zero-order valence-corrected chi connectivity index (χ0v) is 14.4. The number of rotatable bonds is 3. The van der Waals surface area contributed by atoms with Crippen LogP contribution in [0.15, 0.2) is 28.4 Å². The van der Waals surface area contributed by atoms with Gasteiger partial charge in [0.1, 0.15) is 10.7 Å². The highest BCUT2D eigenvalue weighted by Gasteiger charge is 2.13. The van der Waals surface area contributed by atoms with Gasteiger partial charge in [-0.05, 0) is 30.2 Å². The summed E-state index contributed by atoms with van der Waals surface area (Å²) < 4.78 is 0. The third-order valence-electron chi connectivity index (χ3n) is 3.29. The van der Waals surface area contributed by atoms with Crippen LogP contribution >= 0.6 is 38.9 Å². The normalized spacial score (nSPS) is 11.2. The zero-order chi connectivity index (χ0) is 15.0. The topological polar surface area (TPSA) is 45.8 Å². The zero-order valence-electron chi connectivity index (χ0n) is 11.2. The highest BCUT2D eigenvalue weighted by molar-refractivity contribution is 9.09. The molecule has 0 saturated carbocycles. The van der Waals surface area contributed by atoms with E-state index in [2.05, 4.69) is 25.9 Å². The first kappa shape index (κ1) is 14.8. The Hall–Kier alpha value is -1.17. The van der Waals surface area contributed by atoms with Crippen molar-refractivity contribution in [2.45, 2.75) is 13.3 Å². The molecule has 0 aliphatic carbocycles. The summed E-state index contributed by atoms with van der Waals surface area (Å²) in [7, 11) is 0. The fourth-order valence-electron chi connectivity index (χ4n) is 2.23. The molecule has 0 spiro atoms. The van der Waals surface area contributed by atoms with E-state index in [9.17, 15) is 4.79 Å². The predicted molar refractivity (Wildman–Crippen MR) is 92.9 cm³/mol. The van der Waals surface area contributed by atoms with Crippen molar-refractivity contribution in [1.82, 2.24) is 9.97 Å². The lowest BCUT2D eigenvalue weighted by Crippen LogP contribution is -2.11. The molecule has 3 nitrogen and oxygen atoms in total. The molecule has 0 atom stereocenters. The van der Waals surface area contributed by atoms with Crippen molar-refractivity contribution in [3.8, 4) is 11.1 Å². The van der Waals surface area contributed by atoms with E-state index >= 15 is 0 Å². The van der Waals surface area contributed by atoms with E-state index in [1.165, 1.54) is 11.3 Å². The Bertz CT molecular complexity index is 872. The van der Waals surface area contributed by atoms with Crippen LogP contribution < -0.4 is 5.56 Å². The average Bonchev–Trinajstić information content (AvgIpc) is 2.87. The van der Waals surface area contributed by atoms with E-state index < -0.39 is 0 Å². The van der Waals surface area contributed by atoms with Crippen LogP contribution in [0.3, 0.4) is 0 Å². The Labute approximate surface area is 139 Å². The molecule has 2 aromatic heterocycles. The number of halogens is 2. The lowest BCUT2D eigenvalue weighted by molar-refractivity contribution is 0.960. The largest absolute Gasteiger partial charge is 0.310 e. The van der Waals surface area contributed by atoms with Crippen LogP contribution in [0.2, 0.25) is 5.02 Å². The van der Waals surface area contributed by atoms with Gasteiger partial charge in [0, 0.05) is 27.7 Å². The molecular formula is C15H12BrClN2OS. The first-order valence-electron chi connectivity index (χ1n) is 6.43. The first-order chi connectivity index (χ1) is 10.1. The van der Waals surface area contributed by atoms with Gasteiger partial charge in [0.15, 0.2) is 0 Å². The highest BCUT2D eigenvalue weighted by Crippen LogP contribution is 2.32. The molecule has 0 radical (unpaired) electrons. The van der Waals surface area contributed by atoms with E-state index in [1.807, 2.05) is 30.5 Å². The van der Waals surface area contributed by atoms with Gasteiger partial charge in [-0.2, -0.15) is 0 Å². The van der Waals surface area contributed by atoms with Crippen LogP contribution in [0, 0.1) is 6.92 Å². The predicted octanol–water partition coefficient (Wildman–Crippen LogP) is 4.55. The number of benzene rings is 1. The number of nitrogens with zero attached hydrogens (tertiary/aromatic N) is 1. The number of H-pyrrole nitrogens is 1. The summed E-state index contributed by atoms with van der Waals surface area (Å²) >= 11 is 10.9. The minimum atomic E-state index is -0.0835. The van der Waals surface area contributed by atoms with Crippen LogP contribution in [0.5, 0.6) is 0 Å². The molecule has 1 aromatic carbocycles. The van der Waals surface area contributed by atoms with Crippen LogP contribution in [0.4, 0.5) is 0 Å². The number of aryl methyl sites for hydroxylation is 2. The van der Waals surface area contributed by atoms with E-state index in [0.29, 0.717) is 17.6 Å². The quantitative estimate of drug-likeness (QED) is 0.674. The van der Waals surface area contributed by atoms with Crippen molar-refractivity contribution in [3.63, 3.8) is 0 Å². The SMILES string of the molecule is Cc1cc(-c2csc3nc(CCBr)[nH]c(=O)c23)ccc1Cl. The average molecular weight is 384 g/mol. The summed E-state index contributed by atoms with van der Waals surface area (Å²) in [4.78, 5) is 20.5. The number of thiophene rings is 1. The van der Waals surface area contributed by atoms with E-state index in [0.717, 1.165) is 31.9 Å². The molecule has 0 bridgehead atoms. The van der Waals surface area contributed by atoms with Crippen LogP contribution in [-0.2, 0) is 6.42 Å². The molecule has 3 aromatic rings. The van der Waals surface area contributed by atoms with Gasteiger partial charge in [-0.25, -0.2) is 4.98 Å². The monoisotopic (exact) mass is 382 g/mol. The van der Waals surface area contributed by atoms with Gasteiger partial charge in [0.05, 0.1) is 5.39 Å². The number of fused-ring (bicyclic) bond motifs is 1. The molecule has 21 heavy (non-hydrogen) atoms. The van der Waals surface area contributed by atoms with Gasteiger partial charge in [0.25, 0.3) is 5.56 Å². The first-order valence-corrected chi connectivity index (χ1v) is 8.81. The molecule has 1 N–H and O–H groups in total. The van der Waals surface area contributed by atoms with E-state index in [4.69, 9.17) is 11.6 Å². The summed E-state index contributed by atoms with van der Waals surface area (Å²) in [5, 5.41) is 4.13. The highest BCUT2D eigenvalue weighted by atomic mass is 79.9. The van der Waals surface area contributed by atoms with Crippen molar-refractivity contribution < 1.29 is 0 Å². The van der Waals surface area contributed by atoms with Gasteiger partial charge >= 0.3 is 0 Å². The Morgan fingerprint density at radius 2 is 2.24 bits per heavy atom. The molecular weight excluding hydrogens is 372 g/mol. The van der Waals surface area contributed by atoms with Gasteiger partial charge in [-0.1, -0.05) is 33.6 Å². The van der Waals surface area contributed by atoms with Gasteiger partial charge in [-0.15, -0.1) is 11.3 Å². The van der Waals surface area contributed by atoms with E-state index in [1.54, 1.807) is 0 Å². The second-order valence-electron chi connectivity index (χ2n) is 4.75. The Morgan fingerprint density at radius 3 is 2.95 bits per heavy atom. The minimum absolute atomic E-state index is 0.0835. The number of alkyl halides is 1. The van der Waals surface area contributed by atoms with Crippen LogP contribution in [0.25, 0.3) is 21.3 Å². The maximum atomic E-state index is 12.4. The molecule has 0 saturated heterocycles. The van der Waals surface area contributed by atoms with Gasteiger partial charge < -0.3 is 4.98 Å². The van der Waals surface area contributed by atoms with Crippen LogP contribution in [-0.4, -0.2) is 15.3 Å². The molecule has 0 fully saturated rings. The second-order valence-corrected chi connectivity index (χ2v) is 6.80. The molecule has 3 rings (SSSR count).